The quantitative estimate of drug-likeness (QED) is 0.189. The van der Waals surface area contributed by atoms with Crippen LogP contribution in [0.1, 0.15) is 6.23 Å². The minimum Gasteiger partial charge on any atom is -0.389 e. The van der Waals surface area contributed by atoms with E-state index in [9.17, 15) is 23.7 Å². The van der Waals surface area contributed by atoms with Crippen molar-refractivity contribution in [2.45, 2.75) is 23.8 Å². The third kappa shape index (κ3) is 5.86. The molecule has 1 fully saturated rings. The molecule has 1 aliphatic rings. The number of halogens is 1. The summed E-state index contributed by atoms with van der Waals surface area (Å²) in [6.07, 6.45) is -1.44. The Balaban J connectivity index is 1.69. The second kappa shape index (κ2) is 8.72. The van der Waals surface area contributed by atoms with Gasteiger partial charge in [-0.15, -0.1) is 11.6 Å². The van der Waals surface area contributed by atoms with E-state index in [1.54, 1.807) is 0 Å². The number of alkyl halides is 1. The molecule has 0 radical (unpaired) electrons. The van der Waals surface area contributed by atoms with Crippen LogP contribution in [0.2, 0.25) is 0 Å². The van der Waals surface area contributed by atoms with Crippen LogP contribution in [0.3, 0.4) is 0 Å². The molecule has 17 nitrogen and oxygen atoms in total. The van der Waals surface area contributed by atoms with E-state index in [4.69, 9.17) is 36.8 Å². The third-order valence-electron chi connectivity index (χ3n) is 3.77. The highest BCUT2D eigenvalue weighted by atomic mass is 35.5. The average molecular weight is 526 g/mol. The van der Waals surface area contributed by atoms with Crippen LogP contribution in [0, 0.1) is 0 Å². The van der Waals surface area contributed by atoms with E-state index in [0.29, 0.717) is 0 Å². The Morgan fingerprint density at radius 3 is 2.45 bits per heavy atom. The van der Waals surface area contributed by atoms with Gasteiger partial charge in [0.15, 0.2) is 17.7 Å². The van der Waals surface area contributed by atoms with E-state index in [2.05, 4.69) is 28.1 Å². The molecule has 21 heteroatoms. The van der Waals surface area contributed by atoms with Crippen LogP contribution in [0.15, 0.2) is 12.7 Å². The molecule has 6 atom stereocenters. The number of nitrogens with zero attached hydrogens (tertiary/aromatic N) is 4. The molecule has 1 aliphatic heterocycles. The molecule has 1 saturated heterocycles. The SMILES string of the molecule is Nc1ncnc2c1ncn2[C@@H]1O[C@H](COP(=O)(O)OP(=O)(O)OP(=O)(O)O)[C@@H](O)[C@H]1Cl. The molecule has 2 aromatic rings. The Morgan fingerprint density at radius 1 is 1.13 bits per heavy atom. The summed E-state index contributed by atoms with van der Waals surface area (Å²) in [7, 11) is -16.6. The minimum atomic E-state index is -5.68. The van der Waals surface area contributed by atoms with Gasteiger partial charge in [-0.05, 0) is 0 Å². The fraction of sp³-hybridized carbons (Fsp3) is 0.500. The first-order valence-electron chi connectivity index (χ1n) is 7.88. The molecule has 0 aromatic carbocycles. The molecule has 7 N–H and O–H groups in total. The minimum absolute atomic E-state index is 0.0811. The summed E-state index contributed by atoms with van der Waals surface area (Å²) in [5.74, 6) is 0.0811. The summed E-state index contributed by atoms with van der Waals surface area (Å²) in [6, 6.07) is 0. The van der Waals surface area contributed by atoms with Crippen molar-refractivity contribution in [3.05, 3.63) is 12.7 Å². The molecule has 0 amide bonds. The lowest BCUT2D eigenvalue weighted by Gasteiger charge is -2.19. The zero-order valence-electron chi connectivity index (χ0n) is 14.9. The molecule has 3 rings (SSSR count). The number of ether oxygens (including phenoxy) is 1. The predicted molar refractivity (Wildman–Crippen MR) is 99.1 cm³/mol. The first kappa shape index (κ1) is 24.6. The predicted octanol–water partition coefficient (Wildman–Crippen LogP) is -0.383. The summed E-state index contributed by atoms with van der Waals surface area (Å²) < 4.78 is 52.3. The first-order chi connectivity index (χ1) is 14.2. The molecule has 0 bridgehead atoms. The normalized spacial score (nSPS) is 28.5. The monoisotopic (exact) mass is 525 g/mol. The summed E-state index contributed by atoms with van der Waals surface area (Å²) in [6.45, 7) is -0.881. The van der Waals surface area contributed by atoms with Gasteiger partial charge in [-0.25, -0.2) is 28.6 Å². The number of nitrogens with two attached hydrogens (primary N) is 1. The molecule has 0 spiro atoms. The van der Waals surface area contributed by atoms with Gasteiger partial charge in [-0.2, -0.15) is 8.62 Å². The summed E-state index contributed by atoms with van der Waals surface area (Å²) in [5.41, 5.74) is 6.16. The van der Waals surface area contributed by atoms with Crippen molar-refractivity contribution in [3.8, 4) is 0 Å². The van der Waals surface area contributed by atoms with Crippen LogP contribution in [0.25, 0.3) is 11.2 Å². The molecule has 2 unspecified atom stereocenters. The van der Waals surface area contributed by atoms with E-state index < -0.39 is 53.9 Å². The standard InChI is InChI=1S/C10H15ClN5O12P3/c11-5-7(17)4(1-25-30(21,22)28-31(23,24)27-29(18,19)20)26-10(5)16-3-15-6-8(12)13-2-14-9(6)16/h2-5,7,10,17H,1H2,(H,21,22)(H,23,24)(H2,12,13,14)(H2,18,19,20)/t4-,5-,7-,10-/m1/s1. The molecule has 2 aromatic heterocycles. The van der Waals surface area contributed by atoms with Crippen LogP contribution >= 0.6 is 35.1 Å². The van der Waals surface area contributed by atoms with Crippen LogP contribution in [0.5, 0.6) is 0 Å². The zero-order valence-corrected chi connectivity index (χ0v) is 18.3. The van der Waals surface area contributed by atoms with Gasteiger partial charge in [0.2, 0.25) is 0 Å². The number of aromatic nitrogens is 4. The van der Waals surface area contributed by atoms with Crippen molar-refractivity contribution in [1.82, 2.24) is 19.5 Å². The second-order valence-electron chi connectivity index (χ2n) is 5.97. The van der Waals surface area contributed by atoms with E-state index in [1.807, 2.05) is 0 Å². The van der Waals surface area contributed by atoms with E-state index >= 15 is 0 Å². The average Bonchev–Trinajstić information content (AvgIpc) is 3.13. The van der Waals surface area contributed by atoms with Crippen LogP contribution in [-0.2, 0) is 31.6 Å². The third-order valence-corrected chi connectivity index (χ3v) is 8.05. The number of aliphatic hydroxyl groups is 1. The van der Waals surface area contributed by atoms with Crippen LogP contribution in [-0.4, -0.2) is 68.4 Å². The Kier molecular flexibility index (Phi) is 6.93. The van der Waals surface area contributed by atoms with Gasteiger partial charge < -0.3 is 35.2 Å². The fourth-order valence-corrected chi connectivity index (χ4v) is 5.97. The molecule has 0 aliphatic carbocycles. The second-order valence-corrected chi connectivity index (χ2v) is 10.9. The van der Waals surface area contributed by atoms with Gasteiger partial charge in [0.05, 0.1) is 12.9 Å². The number of rotatable bonds is 8. The number of aliphatic hydroxyl groups excluding tert-OH is 1. The van der Waals surface area contributed by atoms with Crippen molar-refractivity contribution >= 4 is 52.1 Å². The number of imidazole rings is 1. The number of anilines is 1. The Morgan fingerprint density at radius 2 is 1.81 bits per heavy atom. The van der Waals surface area contributed by atoms with Crippen molar-refractivity contribution in [1.29, 1.82) is 0 Å². The highest BCUT2D eigenvalue weighted by Gasteiger charge is 2.46. The molecule has 174 valence electrons. The largest absolute Gasteiger partial charge is 0.490 e. The van der Waals surface area contributed by atoms with Crippen molar-refractivity contribution in [2.75, 3.05) is 12.3 Å². The lowest BCUT2D eigenvalue weighted by molar-refractivity contribution is -0.0422. The number of hydrogen-bond acceptors (Lipinski definition) is 12. The van der Waals surface area contributed by atoms with Gasteiger partial charge in [-0.1, -0.05) is 0 Å². The molecular formula is C10H15ClN5O12P3. The Bertz CT molecular complexity index is 1110. The highest BCUT2D eigenvalue weighted by molar-refractivity contribution is 7.66. The maximum atomic E-state index is 11.8. The summed E-state index contributed by atoms with van der Waals surface area (Å²) in [5, 5.41) is 9.14. The van der Waals surface area contributed by atoms with E-state index in [1.165, 1.54) is 10.9 Å². The Labute approximate surface area is 177 Å². The molecular weight excluding hydrogens is 511 g/mol. The number of nitrogen functional groups attached to an aromatic ring is 1. The number of fused-ring (bicyclic) bond motifs is 1. The lowest BCUT2D eigenvalue weighted by Crippen LogP contribution is -2.30. The van der Waals surface area contributed by atoms with Gasteiger partial charge in [0.25, 0.3) is 0 Å². The molecule has 31 heavy (non-hydrogen) atoms. The van der Waals surface area contributed by atoms with Gasteiger partial charge >= 0.3 is 23.5 Å². The highest BCUT2D eigenvalue weighted by Crippen LogP contribution is 2.66. The maximum Gasteiger partial charge on any atom is 0.490 e. The van der Waals surface area contributed by atoms with E-state index in [0.717, 1.165) is 6.33 Å². The van der Waals surface area contributed by atoms with Crippen molar-refractivity contribution < 1.29 is 56.3 Å². The van der Waals surface area contributed by atoms with Crippen molar-refractivity contribution in [2.24, 2.45) is 0 Å². The van der Waals surface area contributed by atoms with Gasteiger partial charge in [-0.3, -0.25) is 9.09 Å². The van der Waals surface area contributed by atoms with Crippen molar-refractivity contribution in [3.63, 3.8) is 0 Å². The van der Waals surface area contributed by atoms with Crippen LogP contribution < -0.4 is 5.73 Å². The number of hydrogen-bond donors (Lipinski definition) is 6. The van der Waals surface area contributed by atoms with Gasteiger partial charge in [0, 0.05) is 0 Å². The topological polar surface area (TPSA) is 259 Å². The molecule has 3 heterocycles. The number of phosphoric acid groups is 3. The Hall–Kier alpha value is -1.03. The summed E-state index contributed by atoms with van der Waals surface area (Å²) in [4.78, 5) is 47.4. The summed E-state index contributed by atoms with van der Waals surface area (Å²) >= 11 is 6.18. The number of phosphoric ester groups is 1. The van der Waals surface area contributed by atoms with Gasteiger partial charge in [0.1, 0.15) is 29.4 Å². The maximum absolute atomic E-state index is 11.8. The molecule has 0 saturated carbocycles. The van der Waals surface area contributed by atoms with Crippen LogP contribution in [0.4, 0.5) is 5.82 Å². The first-order valence-corrected chi connectivity index (χ1v) is 12.8. The lowest BCUT2D eigenvalue weighted by atomic mass is 10.2. The smallest absolute Gasteiger partial charge is 0.389 e. The zero-order chi connectivity index (χ0) is 23.2. The fourth-order valence-electron chi connectivity index (χ4n) is 2.59. The van der Waals surface area contributed by atoms with E-state index in [-0.39, 0.29) is 17.0 Å².